The molecule has 4 aromatic carbocycles. The van der Waals surface area contributed by atoms with Crippen molar-refractivity contribution in [1.29, 1.82) is 0 Å². The van der Waals surface area contributed by atoms with Crippen molar-refractivity contribution in [1.82, 2.24) is 109 Å². The van der Waals surface area contributed by atoms with Crippen molar-refractivity contribution in [2.75, 3.05) is 131 Å². The number of aromatic nitrogens is 18. The van der Waals surface area contributed by atoms with Crippen LogP contribution in [-0.4, -0.2) is 244 Å². The normalized spacial score (nSPS) is 14.0. The van der Waals surface area contributed by atoms with Gasteiger partial charge in [-0.15, -0.1) is 0 Å². The van der Waals surface area contributed by atoms with Gasteiger partial charge in [0.1, 0.15) is 96.5 Å². The fraction of sp³-hybridized carbons (Fsp3) is 0.460. The summed E-state index contributed by atoms with van der Waals surface area (Å²) in [6.07, 6.45) is 24.3. The number of rotatable bonds is 33. The third-order valence-corrected chi connectivity index (χ3v) is 24.5. The van der Waals surface area contributed by atoms with E-state index in [0.29, 0.717) is 136 Å². The quantitative estimate of drug-likeness (QED) is 0.0272. The molecule has 0 saturated carbocycles. The summed E-state index contributed by atoms with van der Waals surface area (Å²) in [5.74, 6) is 8.33. The van der Waals surface area contributed by atoms with E-state index in [1.807, 2.05) is 50.1 Å². The molecular formula is C100H126F4N26O5. The van der Waals surface area contributed by atoms with E-state index in [1.54, 1.807) is 133 Å². The summed E-state index contributed by atoms with van der Waals surface area (Å²) in [6.45, 7) is 29.0. The van der Waals surface area contributed by atoms with E-state index in [1.165, 1.54) is 36.2 Å². The molecule has 0 spiro atoms. The van der Waals surface area contributed by atoms with Gasteiger partial charge in [-0.2, -0.15) is 20.4 Å². The van der Waals surface area contributed by atoms with Crippen LogP contribution < -0.4 is 24.3 Å². The van der Waals surface area contributed by atoms with Crippen molar-refractivity contribution in [3.63, 3.8) is 0 Å². The van der Waals surface area contributed by atoms with Gasteiger partial charge in [-0.25, -0.2) is 86.1 Å². The Kier molecular flexibility index (Phi) is 35.9. The number of methoxy groups -OCH3 is 1. The Labute approximate surface area is 787 Å². The van der Waals surface area contributed by atoms with Crippen LogP contribution >= 0.6 is 0 Å². The van der Waals surface area contributed by atoms with Crippen LogP contribution in [0.1, 0.15) is 156 Å². The molecule has 0 bridgehead atoms. The minimum atomic E-state index is -0.258. The molecule has 4 fully saturated rings. The predicted molar refractivity (Wildman–Crippen MR) is 513 cm³/mol. The van der Waals surface area contributed by atoms with Gasteiger partial charge < -0.3 is 43.9 Å². The van der Waals surface area contributed by atoms with Gasteiger partial charge in [0.15, 0.2) is 23.3 Å². The minimum absolute atomic E-state index is 0.00777. The molecule has 4 aliphatic rings. The molecule has 0 aliphatic carbocycles. The second-order valence-electron chi connectivity index (χ2n) is 34.5. The number of anilines is 4. The van der Waals surface area contributed by atoms with E-state index < -0.39 is 0 Å². The summed E-state index contributed by atoms with van der Waals surface area (Å²) in [6, 6.07) is 33.0. The molecule has 0 unspecified atom stereocenters. The number of pyridine rings is 2. The van der Waals surface area contributed by atoms with Crippen LogP contribution in [0.15, 0.2) is 146 Å². The largest absolute Gasteiger partial charge is 0.481 e. The summed E-state index contributed by atoms with van der Waals surface area (Å²) in [4.78, 5) is 113. The number of ether oxygens (including phenoxy) is 1. The van der Waals surface area contributed by atoms with Gasteiger partial charge in [0.25, 0.3) is 0 Å². The number of amides is 4. The van der Waals surface area contributed by atoms with Crippen molar-refractivity contribution >= 4 is 47.0 Å². The third-order valence-electron chi connectivity index (χ3n) is 24.5. The lowest BCUT2D eigenvalue weighted by atomic mass is 10.1. The van der Waals surface area contributed by atoms with Gasteiger partial charge in [-0.1, -0.05) is 85.1 Å². The van der Waals surface area contributed by atoms with E-state index >= 15 is 0 Å². The highest BCUT2D eigenvalue weighted by atomic mass is 19.1. The molecule has 4 amide bonds. The van der Waals surface area contributed by atoms with Crippen LogP contribution in [0.3, 0.4) is 0 Å². The minimum Gasteiger partial charge on any atom is -0.481 e. The first-order valence-corrected chi connectivity index (χ1v) is 47.4. The summed E-state index contributed by atoms with van der Waals surface area (Å²) in [7, 11) is 1.58. The standard InChI is InChI=1S/C26H33FN6O.C25H32FN7O2.C25H31FN6O.C24H30FN7O/c1-4-5-6-7-23-29-26(21-8-9-22(27)20(3)17-21)30-33(23)18-25(34)32-14-12-31(13-15-32)24-16-19(2)10-11-28-24;1-4-5-6-7-21-29-25(19-8-9-20(26)18(2)14-19)30-33(21)16-24(34)32-12-10-31(11-13-32)22-15-23(35-3)28-17-27-22;1-3-4-5-9-23-28-25(20-10-11-21(26)19(2)17-20)29-32(23)18-24(33)31-15-13-30(14-16-31)22-8-6-7-12-27-22;1-3-4-5-7-21-28-23(19-8-9-20(25)18(2)16-19)29-32(21)17-22(33)30-12-14-31(15-13-30)24-26-10-6-11-27-24/h8-11,16-17H,4-7,12-15,18H2,1-3H3;8-9,14-15,17H,4-7,10-13,16H2,1-3H3;6-8,10-12,17H,3-5,9,13-16,18H2,1-2H3;6,8-11,16H,3-5,7,12-15,17H2,1-2H3. The van der Waals surface area contributed by atoms with E-state index in [2.05, 4.69) is 111 Å². The fourth-order valence-electron chi connectivity index (χ4n) is 16.4. The van der Waals surface area contributed by atoms with Crippen molar-refractivity contribution in [2.45, 2.75) is 191 Å². The molecular weight excluding hydrogens is 1720 g/mol. The average Bonchev–Trinajstić information content (AvgIpc) is 1.69. The Morgan fingerprint density at radius 3 is 0.933 bits per heavy atom. The van der Waals surface area contributed by atoms with Gasteiger partial charge in [0, 0.05) is 184 Å². The van der Waals surface area contributed by atoms with Crippen molar-refractivity contribution in [2.24, 2.45) is 0 Å². The number of nitrogens with zero attached hydrogens (tertiary/aromatic N) is 26. The Balaban J connectivity index is 0.000000152. The number of hydrogen-bond donors (Lipinski definition) is 0. The fourth-order valence-corrected chi connectivity index (χ4v) is 16.4. The Morgan fingerprint density at radius 1 is 0.319 bits per heavy atom. The average molecular weight is 1850 g/mol. The predicted octanol–water partition coefficient (Wildman–Crippen LogP) is 14.6. The molecule has 4 aliphatic heterocycles. The molecule has 0 atom stereocenters. The van der Waals surface area contributed by atoms with Crippen LogP contribution in [0.4, 0.5) is 41.0 Å². The SMILES string of the molecule is CCCCCc1nc(-c2ccc(F)c(C)c2)nn1CC(=O)N1CCN(c2cc(C)ccn2)CC1.CCCCCc1nc(-c2ccc(F)c(C)c2)nn1CC(=O)N1CCN(c2cc(OC)ncn2)CC1.CCCCCc1nc(-c2ccc(F)c(C)c2)nn1CC(=O)N1CCN(c2ccccn2)CC1.CCCCCc1nc(-c2ccc(F)c(C)c2)nn1CC(=O)N1CCN(c2ncccn2)CC1. The number of aryl methyl sites for hydroxylation is 9. The lowest BCUT2D eigenvalue weighted by Gasteiger charge is -2.35. The molecule has 0 radical (unpaired) electrons. The van der Waals surface area contributed by atoms with Gasteiger partial charge in [0.2, 0.25) is 35.5 Å². The molecule has 31 nitrogen and oxygen atoms in total. The van der Waals surface area contributed by atoms with Crippen LogP contribution in [0.2, 0.25) is 0 Å². The van der Waals surface area contributed by atoms with E-state index in [0.717, 1.165) is 192 Å². The van der Waals surface area contributed by atoms with Crippen LogP contribution in [-0.2, 0) is 71.0 Å². The maximum absolute atomic E-state index is 13.7. The highest BCUT2D eigenvalue weighted by Gasteiger charge is 2.31. The first-order valence-electron chi connectivity index (χ1n) is 47.4. The Hall–Kier alpha value is -13.5. The number of carbonyl (C=O) groups excluding carboxylic acids is 4. The summed E-state index contributed by atoms with van der Waals surface area (Å²) < 4.78 is 67.0. The Bertz CT molecular complexity index is 5690. The van der Waals surface area contributed by atoms with Gasteiger partial charge in [-0.05, 0) is 191 Å². The first kappa shape index (κ1) is 99.0. The summed E-state index contributed by atoms with van der Waals surface area (Å²) >= 11 is 0. The van der Waals surface area contributed by atoms with Gasteiger partial charge >= 0.3 is 0 Å². The third kappa shape index (κ3) is 27.4. The maximum Gasteiger partial charge on any atom is 0.244 e. The molecule has 0 N–H and O–H groups in total. The molecule has 8 aromatic heterocycles. The lowest BCUT2D eigenvalue weighted by Crippen LogP contribution is -2.50. The van der Waals surface area contributed by atoms with E-state index in [4.69, 9.17) is 24.7 Å². The highest BCUT2D eigenvalue weighted by molar-refractivity contribution is 5.78. The van der Waals surface area contributed by atoms with Crippen molar-refractivity contribution in [3.05, 3.63) is 221 Å². The second-order valence-corrected chi connectivity index (χ2v) is 34.5. The lowest BCUT2D eigenvalue weighted by molar-refractivity contribution is -0.133. The number of benzene rings is 4. The first-order chi connectivity index (χ1) is 65.5. The van der Waals surface area contributed by atoms with Gasteiger partial charge in [-0.3, -0.25) is 19.2 Å². The number of halogens is 4. The molecule has 12 aromatic rings. The monoisotopic (exact) mass is 1850 g/mol. The second kappa shape index (κ2) is 48.9. The molecule has 16 rings (SSSR count). The number of carbonyl (C=O) groups is 4. The van der Waals surface area contributed by atoms with Gasteiger partial charge in [0.05, 0.1) is 7.11 Å². The molecule has 4 saturated heterocycles. The molecule has 714 valence electrons. The smallest absolute Gasteiger partial charge is 0.244 e. The molecule has 135 heavy (non-hydrogen) atoms. The highest BCUT2D eigenvalue weighted by Crippen LogP contribution is 2.29. The number of piperazine rings is 4. The molecule has 35 heteroatoms. The van der Waals surface area contributed by atoms with E-state index in [9.17, 15) is 36.7 Å². The Morgan fingerprint density at radius 2 is 0.630 bits per heavy atom. The number of unbranched alkanes of at least 4 members (excludes halogenated alkanes) is 8. The molecule has 12 heterocycles. The van der Waals surface area contributed by atoms with Crippen molar-refractivity contribution < 1.29 is 41.5 Å². The van der Waals surface area contributed by atoms with Crippen LogP contribution in [0, 0.1) is 57.9 Å². The number of hydrogen-bond acceptors (Lipinski definition) is 23. The summed E-state index contributed by atoms with van der Waals surface area (Å²) in [5, 5.41) is 18.6. The zero-order valence-corrected chi connectivity index (χ0v) is 79.5. The maximum atomic E-state index is 13.7. The topological polar surface area (TPSA) is 304 Å². The zero-order chi connectivity index (χ0) is 95.3. The van der Waals surface area contributed by atoms with E-state index in [-0.39, 0.29) is 73.1 Å². The zero-order valence-electron chi connectivity index (χ0n) is 79.5. The summed E-state index contributed by atoms with van der Waals surface area (Å²) in [5.41, 5.74) is 6.42. The van der Waals surface area contributed by atoms with Crippen LogP contribution in [0.5, 0.6) is 5.88 Å². The van der Waals surface area contributed by atoms with Crippen molar-refractivity contribution in [3.8, 4) is 51.4 Å². The van der Waals surface area contributed by atoms with Crippen LogP contribution in [0.25, 0.3) is 45.6 Å².